The smallest absolute Gasteiger partial charge is 0.164 e. The van der Waals surface area contributed by atoms with Crippen LogP contribution in [-0.2, 0) is 0 Å². The van der Waals surface area contributed by atoms with Gasteiger partial charge >= 0.3 is 0 Å². The molecule has 3 aromatic heterocycles. The van der Waals surface area contributed by atoms with Gasteiger partial charge in [0.1, 0.15) is 0 Å². The molecular weight excluding hydrogens is 869 g/mol. The molecule has 0 unspecified atom stereocenters. The Morgan fingerprint density at radius 1 is 0.286 bits per heavy atom. The van der Waals surface area contributed by atoms with Crippen molar-refractivity contribution < 1.29 is 0 Å². The number of fused-ring (bicyclic) bond motifs is 9. The minimum Gasteiger partial charge on any atom is -0.309 e. The number of para-hydroxylation sites is 1. The summed E-state index contributed by atoms with van der Waals surface area (Å²) in [6.07, 6.45) is 0. The van der Waals surface area contributed by atoms with Crippen molar-refractivity contribution in [3.8, 4) is 73.2 Å². The fourth-order valence-electron chi connectivity index (χ4n) is 10.5. The minimum absolute atomic E-state index is 0.607. The summed E-state index contributed by atoms with van der Waals surface area (Å²) >= 11 is 1.85. The van der Waals surface area contributed by atoms with Crippen LogP contribution in [0.1, 0.15) is 0 Å². The van der Waals surface area contributed by atoms with Crippen LogP contribution < -0.4 is 0 Å². The lowest BCUT2D eigenvalue weighted by molar-refractivity contribution is 1.07. The molecule has 4 nitrogen and oxygen atoms in total. The van der Waals surface area contributed by atoms with Crippen LogP contribution in [0.25, 0.3) is 137 Å². The third-order valence-electron chi connectivity index (χ3n) is 13.8. The number of nitrogens with zero attached hydrogens (tertiary/aromatic N) is 4. The van der Waals surface area contributed by atoms with Crippen LogP contribution >= 0.6 is 11.3 Å². The Morgan fingerprint density at radius 3 is 1.60 bits per heavy atom. The Morgan fingerprint density at radius 2 is 0.829 bits per heavy atom. The summed E-state index contributed by atoms with van der Waals surface area (Å²) in [6.45, 7) is 0. The summed E-state index contributed by atoms with van der Waals surface area (Å²) in [6, 6.07) is 87.1. The van der Waals surface area contributed by atoms with Crippen molar-refractivity contribution in [3.63, 3.8) is 0 Å². The van der Waals surface area contributed by atoms with E-state index in [1.165, 1.54) is 63.6 Å². The molecule has 0 aliphatic carbocycles. The lowest BCUT2D eigenvalue weighted by Crippen LogP contribution is -2.02. The molecule has 0 atom stereocenters. The zero-order valence-electron chi connectivity index (χ0n) is 37.8. The fraction of sp³-hybridized carbons (Fsp3) is 0. The van der Waals surface area contributed by atoms with Crippen molar-refractivity contribution in [2.24, 2.45) is 0 Å². The molecular formula is C65H40N4S. The van der Waals surface area contributed by atoms with E-state index < -0.39 is 0 Å². The van der Waals surface area contributed by atoms with E-state index in [1.54, 1.807) is 0 Å². The quantitative estimate of drug-likeness (QED) is 0.160. The van der Waals surface area contributed by atoms with E-state index in [0.717, 1.165) is 55.7 Å². The standard InChI is InChI=1S/C65H40N4S/c1-3-15-41(16-4-1)42-29-31-43(32-30-42)46-22-13-23-49(37-46)64-66-63(45-18-5-2-6-19-45)67-65(68-64)50-33-35-57(69-56-27-12-11-25-52(56)54-38-47-20-7-8-21-48(47)40-58(54)69)55(39-50)53-26-14-28-59-62(53)61-51-24-10-9-17-44(51)34-36-60(61)70-59/h1-40H. The lowest BCUT2D eigenvalue weighted by Gasteiger charge is -2.17. The van der Waals surface area contributed by atoms with Crippen molar-refractivity contribution in [3.05, 3.63) is 243 Å². The van der Waals surface area contributed by atoms with Gasteiger partial charge in [-0.1, -0.05) is 188 Å². The number of rotatable bonds is 7. The molecule has 0 amide bonds. The van der Waals surface area contributed by atoms with Crippen LogP contribution in [0, 0.1) is 0 Å². The molecule has 0 fully saturated rings. The molecule has 3 heterocycles. The first kappa shape index (κ1) is 40.1. The second-order valence-electron chi connectivity index (χ2n) is 17.9. The largest absolute Gasteiger partial charge is 0.309 e. The second kappa shape index (κ2) is 16.3. The molecule has 70 heavy (non-hydrogen) atoms. The van der Waals surface area contributed by atoms with Gasteiger partial charge in [0.05, 0.1) is 16.7 Å². The van der Waals surface area contributed by atoms with Crippen LogP contribution in [-0.4, -0.2) is 19.5 Å². The van der Waals surface area contributed by atoms with Gasteiger partial charge in [0.2, 0.25) is 0 Å². The molecule has 0 bridgehead atoms. The van der Waals surface area contributed by atoms with Gasteiger partial charge in [-0.15, -0.1) is 11.3 Å². The molecule has 0 aliphatic heterocycles. The second-order valence-corrected chi connectivity index (χ2v) is 19.0. The number of aromatic nitrogens is 4. The fourth-order valence-corrected chi connectivity index (χ4v) is 11.6. The van der Waals surface area contributed by atoms with Gasteiger partial charge in [0.25, 0.3) is 0 Å². The monoisotopic (exact) mass is 908 g/mol. The van der Waals surface area contributed by atoms with Gasteiger partial charge in [0.15, 0.2) is 17.5 Å². The van der Waals surface area contributed by atoms with Gasteiger partial charge in [-0.3, -0.25) is 0 Å². The van der Waals surface area contributed by atoms with Gasteiger partial charge in [-0.2, -0.15) is 0 Å². The maximum absolute atomic E-state index is 5.37. The third-order valence-corrected chi connectivity index (χ3v) is 14.9. The van der Waals surface area contributed by atoms with E-state index >= 15 is 0 Å². The zero-order chi connectivity index (χ0) is 46.1. The first-order chi connectivity index (χ1) is 34.7. The highest BCUT2D eigenvalue weighted by Gasteiger charge is 2.22. The number of hydrogen-bond donors (Lipinski definition) is 0. The summed E-state index contributed by atoms with van der Waals surface area (Å²) in [5.41, 5.74) is 13.0. The third kappa shape index (κ3) is 6.70. The topological polar surface area (TPSA) is 43.6 Å². The van der Waals surface area contributed by atoms with E-state index in [-0.39, 0.29) is 0 Å². The van der Waals surface area contributed by atoms with E-state index in [2.05, 4.69) is 229 Å². The normalized spacial score (nSPS) is 11.7. The average Bonchev–Trinajstić information content (AvgIpc) is 3.98. The van der Waals surface area contributed by atoms with Crippen molar-refractivity contribution in [2.75, 3.05) is 0 Å². The molecule has 0 aliphatic rings. The number of benzene rings is 11. The Bertz CT molecular complexity index is 4340. The van der Waals surface area contributed by atoms with Gasteiger partial charge < -0.3 is 4.57 Å². The molecule has 5 heteroatoms. The van der Waals surface area contributed by atoms with E-state index in [1.807, 2.05) is 29.5 Å². The van der Waals surface area contributed by atoms with Crippen LogP contribution in [0.3, 0.4) is 0 Å². The number of hydrogen-bond acceptors (Lipinski definition) is 4. The predicted molar refractivity (Wildman–Crippen MR) is 295 cm³/mol. The molecule has 326 valence electrons. The lowest BCUT2D eigenvalue weighted by atomic mass is 9.94. The molecule has 14 aromatic rings. The molecule has 11 aromatic carbocycles. The summed E-state index contributed by atoms with van der Waals surface area (Å²) in [4.78, 5) is 15.9. The molecule has 0 N–H and O–H groups in total. The van der Waals surface area contributed by atoms with Crippen LogP contribution in [0.15, 0.2) is 243 Å². The SMILES string of the molecule is c1ccc(-c2ccc(-c3cccc(-c4nc(-c5ccccc5)nc(-c5ccc(-n6c7ccccc7c7cc8ccccc8cc76)c(-c6cccc7sc8ccc9ccccc9c8c67)c5)n4)c3)cc2)cc1. The Hall–Kier alpha value is -9.03. The first-order valence-electron chi connectivity index (χ1n) is 23.7. The predicted octanol–water partition coefficient (Wildman–Crippen LogP) is 17.6. The maximum atomic E-state index is 5.37. The van der Waals surface area contributed by atoms with Gasteiger partial charge in [0, 0.05) is 53.2 Å². The van der Waals surface area contributed by atoms with Crippen molar-refractivity contribution in [1.29, 1.82) is 0 Å². The van der Waals surface area contributed by atoms with Crippen molar-refractivity contribution in [1.82, 2.24) is 19.5 Å². The van der Waals surface area contributed by atoms with E-state index in [9.17, 15) is 0 Å². The molecule has 0 radical (unpaired) electrons. The highest BCUT2D eigenvalue weighted by molar-refractivity contribution is 7.26. The van der Waals surface area contributed by atoms with Crippen molar-refractivity contribution >= 4 is 74.9 Å². The molecule has 14 rings (SSSR count). The van der Waals surface area contributed by atoms with E-state index in [4.69, 9.17) is 15.0 Å². The van der Waals surface area contributed by atoms with Crippen molar-refractivity contribution in [2.45, 2.75) is 0 Å². The van der Waals surface area contributed by atoms with Gasteiger partial charge in [-0.05, 0) is 104 Å². The Balaban J connectivity index is 1.01. The molecule has 0 saturated carbocycles. The highest BCUT2D eigenvalue weighted by atomic mass is 32.1. The Kier molecular flexibility index (Phi) is 9.36. The van der Waals surface area contributed by atoms with Crippen LogP contribution in [0.2, 0.25) is 0 Å². The summed E-state index contributed by atoms with van der Waals surface area (Å²) in [5, 5.41) is 9.87. The van der Waals surface area contributed by atoms with Crippen LogP contribution in [0.4, 0.5) is 0 Å². The number of thiophene rings is 1. The maximum Gasteiger partial charge on any atom is 0.164 e. The van der Waals surface area contributed by atoms with Gasteiger partial charge in [-0.25, -0.2) is 15.0 Å². The molecule has 0 spiro atoms. The first-order valence-corrected chi connectivity index (χ1v) is 24.5. The van der Waals surface area contributed by atoms with E-state index in [0.29, 0.717) is 17.5 Å². The van der Waals surface area contributed by atoms with Crippen LogP contribution in [0.5, 0.6) is 0 Å². The summed E-state index contributed by atoms with van der Waals surface area (Å²) in [5.74, 6) is 1.84. The highest BCUT2D eigenvalue weighted by Crippen LogP contribution is 2.47. The Labute approximate surface area is 408 Å². The summed E-state index contributed by atoms with van der Waals surface area (Å²) in [7, 11) is 0. The minimum atomic E-state index is 0.607. The zero-order valence-corrected chi connectivity index (χ0v) is 38.6. The average molecular weight is 909 g/mol. The molecule has 0 saturated heterocycles. The summed E-state index contributed by atoms with van der Waals surface area (Å²) < 4.78 is 4.98.